The van der Waals surface area contributed by atoms with Gasteiger partial charge in [-0.05, 0) is 37.8 Å². The number of aliphatic imine (C=N–C) groups is 1. The SMILES string of the molecule is COC(=O)C1CCC(N=CC(CN)=C2CNc3ccccc3N2)CC1. The minimum Gasteiger partial charge on any atom is -0.469 e. The average Bonchev–Trinajstić information content (AvgIpc) is 2.68. The number of benzene rings is 1. The smallest absolute Gasteiger partial charge is 0.308 e. The lowest BCUT2D eigenvalue weighted by molar-refractivity contribution is -0.146. The quantitative estimate of drug-likeness (QED) is 0.578. The van der Waals surface area contributed by atoms with Crippen molar-refractivity contribution < 1.29 is 9.53 Å². The number of esters is 1. The number of para-hydroxylation sites is 2. The molecule has 6 nitrogen and oxygen atoms in total. The summed E-state index contributed by atoms with van der Waals surface area (Å²) in [5, 5.41) is 6.85. The predicted molar refractivity (Wildman–Crippen MR) is 101 cm³/mol. The van der Waals surface area contributed by atoms with Crippen LogP contribution in [-0.2, 0) is 9.53 Å². The highest BCUT2D eigenvalue weighted by Crippen LogP contribution is 2.28. The van der Waals surface area contributed by atoms with Crippen LogP contribution in [0.15, 0.2) is 40.5 Å². The van der Waals surface area contributed by atoms with E-state index in [1.54, 1.807) is 0 Å². The number of ether oxygens (including phenoxy) is 1. The topological polar surface area (TPSA) is 88.7 Å². The van der Waals surface area contributed by atoms with Gasteiger partial charge in [0, 0.05) is 30.1 Å². The summed E-state index contributed by atoms with van der Waals surface area (Å²) in [5.41, 5.74) is 10.2. The summed E-state index contributed by atoms with van der Waals surface area (Å²) in [7, 11) is 1.45. The summed E-state index contributed by atoms with van der Waals surface area (Å²) in [5.74, 6) is -0.0622. The Bertz CT molecular complexity index is 676. The number of nitrogens with zero attached hydrogens (tertiary/aromatic N) is 1. The zero-order valence-corrected chi connectivity index (χ0v) is 14.6. The van der Waals surface area contributed by atoms with Gasteiger partial charge in [-0.1, -0.05) is 12.1 Å². The molecule has 0 spiro atoms. The van der Waals surface area contributed by atoms with Crippen LogP contribution in [-0.4, -0.2) is 38.4 Å². The van der Waals surface area contributed by atoms with E-state index in [2.05, 4.69) is 16.7 Å². The van der Waals surface area contributed by atoms with E-state index < -0.39 is 0 Å². The van der Waals surface area contributed by atoms with E-state index in [1.165, 1.54) is 7.11 Å². The molecule has 0 radical (unpaired) electrons. The maximum absolute atomic E-state index is 11.6. The molecule has 0 bridgehead atoms. The highest BCUT2D eigenvalue weighted by atomic mass is 16.5. The van der Waals surface area contributed by atoms with Crippen molar-refractivity contribution in [2.75, 3.05) is 30.8 Å². The van der Waals surface area contributed by atoms with Crippen LogP contribution in [0.4, 0.5) is 11.4 Å². The molecule has 1 fully saturated rings. The molecular weight excluding hydrogens is 316 g/mol. The minimum absolute atomic E-state index is 0.0319. The molecule has 1 saturated carbocycles. The Morgan fingerprint density at radius 1 is 1.28 bits per heavy atom. The fraction of sp³-hybridized carbons (Fsp3) is 0.474. The second-order valence-electron chi connectivity index (χ2n) is 6.54. The number of fused-ring (bicyclic) bond motifs is 1. The summed E-state index contributed by atoms with van der Waals surface area (Å²) in [6, 6.07) is 8.37. The molecule has 0 atom stereocenters. The Balaban J connectivity index is 1.63. The van der Waals surface area contributed by atoms with Gasteiger partial charge in [-0.15, -0.1) is 0 Å². The number of methoxy groups -OCH3 is 1. The lowest BCUT2D eigenvalue weighted by Gasteiger charge is -2.25. The fourth-order valence-electron chi connectivity index (χ4n) is 3.41. The van der Waals surface area contributed by atoms with Crippen molar-refractivity contribution >= 4 is 23.6 Å². The van der Waals surface area contributed by atoms with E-state index in [0.29, 0.717) is 13.1 Å². The van der Waals surface area contributed by atoms with Gasteiger partial charge in [0.2, 0.25) is 0 Å². The van der Waals surface area contributed by atoms with E-state index in [1.807, 2.05) is 24.4 Å². The van der Waals surface area contributed by atoms with Gasteiger partial charge in [0.05, 0.1) is 30.9 Å². The number of carbonyl (C=O) groups excluding carboxylic acids is 1. The first kappa shape index (κ1) is 17.5. The molecule has 2 aliphatic rings. The first-order valence-corrected chi connectivity index (χ1v) is 8.84. The summed E-state index contributed by atoms with van der Waals surface area (Å²) < 4.78 is 4.83. The second-order valence-corrected chi connectivity index (χ2v) is 6.54. The summed E-state index contributed by atoms with van der Waals surface area (Å²) in [6.07, 6.45) is 5.42. The van der Waals surface area contributed by atoms with E-state index in [4.69, 9.17) is 15.5 Å². The van der Waals surface area contributed by atoms with Crippen LogP contribution in [0.2, 0.25) is 0 Å². The highest BCUT2D eigenvalue weighted by molar-refractivity contribution is 5.84. The van der Waals surface area contributed by atoms with E-state index in [0.717, 1.165) is 48.3 Å². The third kappa shape index (κ3) is 4.20. The van der Waals surface area contributed by atoms with Crippen LogP contribution in [0.1, 0.15) is 25.7 Å². The van der Waals surface area contributed by atoms with Gasteiger partial charge in [0.25, 0.3) is 0 Å². The van der Waals surface area contributed by atoms with Crippen LogP contribution in [0.5, 0.6) is 0 Å². The Kier molecular flexibility index (Phi) is 5.71. The van der Waals surface area contributed by atoms with Crippen molar-refractivity contribution in [3.8, 4) is 0 Å². The van der Waals surface area contributed by atoms with Gasteiger partial charge >= 0.3 is 5.97 Å². The molecule has 3 rings (SSSR count). The van der Waals surface area contributed by atoms with Gasteiger partial charge in [0.15, 0.2) is 0 Å². The average molecular weight is 342 g/mol. The zero-order chi connectivity index (χ0) is 17.6. The number of hydrogen-bond acceptors (Lipinski definition) is 6. The maximum Gasteiger partial charge on any atom is 0.308 e. The van der Waals surface area contributed by atoms with Crippen LogP contribution < -0.4 is 16.4 Å². The molecule has 134 valence electrons. The number of anilines is 2. The summed E-state index contributed by atoms with van der Waals surface area (Å²) in [6.45, 7) is 1.15. The van der Waals surface area contributed by atoms with Crippen molar-refractivity contribution in [1.29, 1.82) is 0 Å². The van der Waals surface area contributed by atoms with E-state index >= 15 is 0 Å². The second kappa shape index (κ2) is 8.16. The first-order valence-electron chi connectivity index (χ1n) is 8.84. The number of hydrogen-bond donors (Lipinski definition) is 3. The monoisotopic (exact) mass is 342 g/mol. The molecule has 0 saturated heterocycles. The van der Waals surface area contributed by atoms with Crippen LogP contribution >= 0.6 is 0 Å². The zero-order valence-electron chi connectivity index (χ0n) is 14.6. The molecule has 0 aromatic heterocycles. The molecule has 0 unspecified atom stereocenters. The standard InChI is InChI=1S/C19H26N4O2/c1-25-19(24)13-6-8-15(9-7-13)21-11-14(10-20)18-12-22-16-4-2-3-5-17(16)23-18/h2-5,11,13,15,22-23H,6-10,12,20H2,1H3. The highest BCUT2D eigenvalue weighted by Gasteiger charge is 2.26. The number of carbonyl (C=O) groups is 1. The molecule has 25 heavy (non-hydrogen) atoms. The molecule has 1 aromatic rings. The molecule has 1 heterocycles. The third-order valence-corrected chi connectivity index (χ3v) is 4.95. The molecule has 1 aromatic carbocycles. The molecule has 1 aliphatic carbocycles. The van der Waals surface area contributed by atoms with Gasteiger partial charge in [-0.25, -0.2) is 0 Å². The van der Waals surface area contributed by atoms with Crippen molar-refractivity contribution in [2.45, 2.75) is 31.7 Å². The summed E-state index contributed by atoms with van der Waals surface area (Å²) in [4.78, 5) is 16.3. The fourth-order valence-corrected chi connectivity index (χ4v) is 3.41. The Labute approximate surface area is 148 Å². The van der Waals surface area contributed by atoms with Gasteiger partial charge in [-0.3, -0.25) is 9.79 Å². The normalized spacial score (nSPS) is 24.9. The van der Waals surface area contributed by atoms with Crippen molar-refractivity contribution in [1.82, 2.24) is 0 Å². The van der Waals surface area contributed by atoms with Crippen molar-refractivity contribution in [3.63, 3.8) is 0 Å². The predicted octanol–water partition coefficient (Wildman–Crippen LogP) is 2.54. The van der Waals surface area contributed by atoms with Gasteiger partial charge < -0.3 is 21.1 Å². The maximum atomic E-state index is 11.6. The summed E-state index contributed by atoms with van der Waals surface area (Å²) >= 11 is 0. The molecule has 1 aliphatic heterocycles. The Morgan fingerprint density at radius 3 is 2.68 bits per heavy atom. The Morgan fingerprint density at radius 2 is 2.00 bits per heavy atom. The van der Waals surface area contributed by atoms with Crippen LogP contribution in [0, 0.1) is 5.92 Å². The van der Waals surface area contributed by atoms with Gasteiger partial charge in [0.1, 0.15) is 0 Å². The first-order chi connectivity index (χ1) is 12.2. The van der Waals surface area contributed by atoms with Crippen molar-refractivity contribution in [2.24, 2.45) is 16.6 Å². The lowest BCUT2D eigenvalue weighted by Crippen LogP contribution is -2.25. The minimum atomic E-state index is -0.0941. The largest absolute Gasteiger partial charge is 0.469 e. The molecule has 0 amide bonds. The van der Waals surface area contributed by atoms with E-state index in [-0.39, 0.29) is 17.9 Å². The Hall–Kier alpha value is -2.34. The molecular formula is C19H26N4O2. The van der Waals surface area contributed by atoms with E-state index in [9.17, 15) is 4.79 Å². The number of rotatable bonds is 4. The van der Waals surface area contributed by atoms with Crippen LogP contribution in [0.3, 0.4) is 0 Å². The molecule has 4 N–H and O–H groups in total. The van der Waals surface area contributed by atoms with Crippen LogP contribution in [0.25, 0.3) is 0 Å². The molecule has 6 heteroatoms. The van der Waals surface area contributed by atoms with Crippen molar-refractivity contribution in [3.05, 3.63) is 35.5 Å². The number of nitrogens with one attached hydrogen (secondary N) is 2. The third-order valence-electron chi connectivity index (χ3n) is 4.95. The lowest BCUT2D eigenvalue weighted by atomic mass is 9.86. The number of nitrogens with two attached hydrogens (primary N) is 1. The van der Waals surface area contributed by atoms with Gasteiger partial charge in [-0.2, -0.15) is 0 Å².